The van der Waals surface area contributed by atoms with Crippen LogP contribution in [0.2, 0.25) is 0 Å². The zero-order valence-corrected chi connectivity index (χ0v) is 22.0. The molecule has 0 aromatic heterocycles. The van der Waals surface area contributed by atoms with E-state index < -0.39 is 17.3 Å². The molecule has 1 N–H and O–H groups in total. The van der Waals surface area contributed by atoms with Gasteiger partial charge in [-0.3, -0.25) is 19.3 Å². The van der Waals surface area contributed by atoms with Gasteiger partial charge in [0.25, 0.3) is 5.91 Å². The lowest BCUT2D eigenvalue weighted by molar-refractivity contribution is -0.140. The zero-order valence-electron chi connectivity index (χ0n) is 22.0. The van der Waals surface area contributed by atoms with Gasteiger partial charge in [-0.1, -0.05) is 96.6 Å². The highest BCUT2D eigenvalue weighted by molar-refractivity contribution is 6.11. The Balaban J connectivity index is 1.36. The summed E-state index contributed by atoms with van der Waals surface area (Å²) in [7, 11) is 0. The fourth-order valence-electron chi connectivity index (χ4n) is 6.99. The van der Waals surface area contributed by atoms with Gasteiger partial charge in [0.2, 0.25) is 11.8 Å². The largest absolute Gasteiger partial charge is 0.278 e. The van der Waals surface area contributed by atoms with Crippen molar-refractivity contribution in [3.63, 3.8) is 0 Å². The number of hydrazone groups is 1. The molecule has 0 saturated carbocycles. The molecule has 0 radical (unpaired) electrons. The SMILES string of the molecule is Cc1ccc(C(=O)N/N=C/C23c4ccccc4C(c4ccccc42)[C@H]2C(=O)N(Cc4ccccc4)C(=O)[C@@H]23)cc1. The highest BCUT2D eigenvalue weighted by atomic mass is 16.2. The molecule has 1 fully saturated rings. The highest BCUT2D eigenvalue weighted by Crippen LogP contribution is 2.63. The van der Waals surface area contributed by atoms with Crippen LogP contribution >= 0.6 is 0 Å². The second kappa shape index (κ2) is 9.12. The minimum atomic E-state index is -1.01. The van der Waals surface area contributed by atoms with E-state index in [0.717, 1.165) is 33.4 Å². The summed E-state index contributed by atoms with van der Waals surface area (Å²) in [5.74, 6) is -2.15. The number of aryl methyl sites for hydroxylation is 1. The summed E-state index contributed by atoms with van der Waals surface area (Å²) >= 11 is 0. The molecule has 40 heavy (non-hydrogen) atoms. The Labute approximate surface area is 232 Å². The molecule has 4 aromatic rings. The molecule has 6 nitrogen and oxygen atoms in total. The number of carbonyl (C=O) groups is 3. The fourth-order valence-corrected chi connectivity index (χ4v) is 6.99. The number of nitrogens with zero attached hydrogens (tertiary/aromatic N) is 2. The standard InChI is InChI=1S/C34H27N3O3/c1-21-15-17-23(18-16-21)31(38)36-35-20-34-26-13-7-5-11-24(26)28(25-12-6-8-14-27(25)34)29-30(34)33(40)37(32(29)39)19-22-9-3-2-4-10-22/h2-18,20,28-30H,19H2,1H3,(H,36,38)/b35-20+/t28?,29-,30-,34?/m1/s1. The maximum atomic E-state index is 14.3. The van der Waals surface area contributed by atoms with E-state index in [1.54, 1.807) is 18.3 Å². The Morgan fingerprint density at radius 1 is 0.825 bits per heavy atom. The second-order valence-electron chi connectivity index (χ2n) is 10.8. The molecule has 3 amide bonds. The number of likely N-dealkylation sites (tertiary alicyclic amines) is 1. The Bertz CT molecular complexity index is 1650. The van der Waals surface area contributed by atoms with Crippen LogP contribution in [0.5, 0.6) is 0 Å². The van der Waals surface area contributed by atoms with Crippen molar-refractivity contribution in [2.45, 2.75) is 24.8 Å². The summed E-state index contributed by atoms with van der Waals surface area (Å²) in [6.07, 6.45) is 1.70. The lowest BCUT2D eigenvalue weighted by Gasteiger charge is -2.52. The van der Waals surface area contributed by atoms with Gasteiger partial charge in [0, 0.05) is 17.7 Å². The zero-order chi connectivity index (χ0) is 27.4. The van der Waals surface area contributed by atoms with E-state index >= 15 is 0 Å². The Kier molecular flexibility index (Phi) is 5.52. The summed E-state index contributed by atoms with van der Waals surface area (Å²) in [6, 6.07) is 32.9. The van der Waals surface area contributed by atoms with Crippen molar-refractivity contribution in [3.8, 4) is 0 Å². The molecule has 1 heterocycles. The summed E-state index contributed by atoms with van der Waals surface area (Å²) in [5, 5.41) is 4.48. The summed E-state index contributed by atoms with van der Waals surface area (Å²) in [6.45, 7) is 2.19. The molecule has 1 aliphatic heterocycles. The number of imide groups is 1. The van der Waals surface area contributed by atoms with Crippen LogP contribution in [0.4, 0.5) is 0 Å². The third kappa shape index (κ3) is 3.42. The van der Waals surface area contributed by atoms with E-state index in [1.165, 1.54) is 4.90 Å². The van der Waals surface area contributed by atoms with E-state index in [-0.39, 0.29) is 30.2 Å². The third-order valence-corrected chi connectivity index (χ3v) is 8.71. The van der Waals surface area contributed by atoms with Crippen LogP contribution in [-0.2, 0) is 21.5 Å². The number of amides is 3. The molecule has 1 saturated heterocycles. The summed E-state index contributed by atoms with van der Waals surface area (Å²) in [4.78, 5) is 42.7. The summed E-state index contributed by atoms with van der Waals surface area (Å²) in [5.41, 5.74) is 8.09. The third-order valence-electron chi connectivity index (χ3n) is 8.71. The van der Waals surface area contributed by atoms with Crippen molar-refractivity contribution < 1.29 is 14.4 Å². The van der Waals surface area contributed by atoms with Gasteiger partial charge in [-0.25, -0.2) is 5.43 Å². The van der Waals surface area contributed by atoms with Crippen molar-refractivity contribution in [3.05, 3.63) is 142 Å². The van der Waals surface area contributed by atoms with Crippen molar-refractivity contribution in [1.29, 1.82) is 0 Å². The quantitative estimate of drug-likeness (QED) is 0.227. The van der Waals surface area contributed by atoms with Crippen molar-refractivity contribution in [2.24, 2.45) is 16.9 Å². The van der Waals surface area contributed by atoms with Gasteiger partial charge < -0.3 is 0 Å². The molecule has 2 bridgehead atoms. The monoisotopic (exact) mass is 525 g/mol. The lowest BCUT2D eigenvalue weighted by Crippen LogP contribution is -2.54. The van der Waals surface area contributed by atoms with Gasteiger partial charge in [0.05, 0.1) is 23.8 Å². The fraction of sp³-hybridized carbons (Fsp3) is 0.176. The molecule has 0 unspecified atom stereocenters. The average Bonchev–Trinajstić information content (AvgIpc) is 3.24. The highest BCUT2D eigenvalue weighted by Gasteiger charge is 2.67. The van der Waals surface area contributed by atoms with Gasteiger partial charge in [-0.15, -0.1) is 0 Å². The molecular weight excluding hydrogens is 498 g/mol. The number of nitrogens with one attached hydrogen (secondary N) is 1. The van der Waals surface area contributed by atoms with Crippen LogP contribution in [0.3, 0.4) is 0 Å². The first-order valence-corrected chi connectivity index (χ1v) is 13.5. The van der Waals surface area contributed by atoms with Crippen LogP contribution in [0, 0.1) is 18.8 Å². The van der Waals surface area contributed by atoms with Crippen LogP contribution in [0.1, 0.15) is 49.7 Å². The minimum absolute atomic E-state index is 0.158. The molecule has 0 spiro atoms. The smallest absolute Gasteiger partial charge is 0.271 e. The molecule has 4 aliphatic rings. The minimum Gasteiger partial charge on any atom is -0.278 e. The Morgan fingerprint density at radius 2 is 1.43 bits per heavy atom. The molecular formula is C34H27N3O3. The van der Waals surface area contributed by atoms with E-state index in [9.17, 15) is 14.4 Å². The van der Waals surface area contributed by atoms with E-state index in [1.807, 2.05) is 85.8 Å². The molecule has 3 aliphatic carbocycles. The maximum Gasteiger partial charge on any atom is 0.271 e. The number of carbonyl (C=O) groups excluding carboxylic acids is 3. The average molecular weight is 526 g/mol. The molecule has 196 valence electrons. The van der Waals surface area contributed by atoms with E-state index in [0.29, 0.717) is 5.56 Å². The lowest BCUT2D eigenvalue weighted by atomic mass is 9.47. The van der Waals surface area contributed by atoms with Crippen molar-refractivity contribution in [2.75, 3.05) is 0 Å². The Morgan fingerprint density at radius 3 is 2.08 bits per heavy atom. The molecule has 4 aromatic carbocycles. The van der Waals surface area contributed by atoms with Crippen LogP contribution in [0.15, 0.2) is 108 Å². The molecule has 8 rings (SSSR count). The first kappa shape index (κ1) is 24.2. The topological polar surface area (TPSA) is 78.8 Å². The van der Waals surface area contributed by atoms with Gasteiger partial charge in [0.15, 0.2) is 0 Å². The predicted molar refractivity (Wildman–Crippen MR) is 152 cm³/mol. The maximum absolute atomic E-state index is 14.3. The van der Waals surface area contributed by atoms with Gasteiger partial charge in [-0.05, 0) is 46.9 Å². The normalized spacial score (nSPS) is 24.1. The van der Waals surface area contributed by atoms with Crippen molar-refractivity contribution >= 4 is 23.9 Å². The molecule has 2 atom stereocenters. The first-order valence-electron chi connectivity index (χ1n) is 13.5. The van der Waals surface area contributed by atoms with E-state index in [2.05, 4.69) is 22.7 Å². The number of hydrogen-bond donors (Lipinski definition) is 1. The molecule has 6 heteroatoms. The van der Waals surface area contributed by atoms with E-state index in [4.69, 9.17) is 0 Å². The van der Waals surface area contributed by atoms with Gasteiger partial charge in [0.1, 0.15) is 0 Å². The number of benzene rings is 4. The van der Waals surface area contributed by atoms with Gasteiger partial charge >= 0.3 is 0 Å². The first-order chi connectivity index (χ1) is 19.5. The number of rotatable bonds is 5. The second-order valence-corrected chi connectivity index (χ2v) is 10.8. The number of hydrogen-bond acceptors (Lipinski definition) is 4. The van der Waals surface area contributed by atoms with Crippen LogP contribution < -0.4 is 5.43 Å². The van der Waals surface area contributed by atoms with Crippen LogP contribution in [-0.4, -0.2) is 28.8 Å². The predicted octanol–water partition coefficient (Wildman–Crippen LogP) is 4.96. The van der Waals surface area contributed by atoms with Crippen LogP contribution in [0.25, 0.3) is 0 Å². The Hall–Kier alpha value is -4.84. The van der Waals surface area contributed by atoms with Gasteiger partial charge in [-0.2, -0.15) is 5.10 Å². The summed E-state index contributed by atoms with van der Waals surface area (Å²) < 4.78 is 0. The van der Waals surface area contributed by atoms with Crippen molar-refractivity contribution in [1.82, 2.24) is 10.3 Å².